The number of aromatic nitrogens is 3. The molecule has 0 unspecified atom stereocenters. The molecule has 2 aromatic heterocycles. The summed E-state index contributed by atoms with van der Waals surface area (Å²) in [6.45, 7) is 4.14. The number of nitriles is 1. The van der Waals surface area contributed by atoms with Crippen LogP contribution in [0.4, 0.5) is 5.00 Å². The van der Waals surface area contributed by atoms with Gasteiger partial charge in [-0.3, -0.25) is 9.36 Å². The highest BCUT2D eigenvalue weighted by molar-refractivity contribution is 7.99. The van der Waals surface area contributed by atoms with Crippen molar-refractivity contribution < 1.29 is 4.79 Å². The second-order valence-corrected chi connectivity index (χ2v) is 9.61. The highest BCUT2D eigenvalue weighted by Gasteiger charge is 2.21. The first-order valence-electron chi connectivity index (χ1n) is 10.0. The summed E-state index contributed by atoms with van der Waals surface area (Å²) in [4.78, 5) is 13.8. The van der Waals surface area contributed by atoms with Crippen LogP contribution in [0.2, 0.25) is 0 Å². The van der Waals surface area contributed by atoms with Crippen LogP contribution in [0.5, 0.6) is 0 Å². The molecule has 3 aromatic rings. The number of thiophene rings is 1. The largest absolute Gasteiger partial charge is 0.317 e. The van der Waals surface area contributed by atoms with Gasteiger partial charge < -0.3 is 5.32 Å². The first-order valence-corrected chi connectivity index (χ1v) is 11.8. The number of rotatable bonds is 6. The molecule has 1 aliphatic rings. The van der Waals surface area contributed by atoms with Crippen LogP contribution < -0.4 is 5.32 Å². The van der Waals surface area contributed by atoms with Crippen molar-refractivity contribution >= 4 is 34.0 Å². The normalized spacial score (nSPS) is 13.0. The number of fused-ring (bicyclic) bond motifs is 1. The van der Waals surface area contributed by atoms with Gasteiger partial charge in [-0.25, -0.2) is 0 Å². The standard InChI is InChI=1S/C22H23N5OS2/c1-14-7-8-18(15(2)11-14)27-13-24-26-22(27)29-10-9-20(28)25-21-17(12-23)16-5-3-4-6-19(16)30-21/h7-8,11,13H,3-6,9-10H2,1-2H3,(H,25,28). The molecule has 0 aliphatic heterocycles. The summed E-state index contributed by atoms with van der Waals surface area (Å²) in [5, 5.41) is 22.2. The second kappa shape index (κ2) is 9.02. The summed E-state index contributed by atoms with van der Waals surface area (Å²) in [6, 6.07) is 8.55. The summed E-state index contributed by atoms with van der Waals surface area (Å²) >= 11 is 3.07. The fourth-order valence-electron chi connectivity index (χ4n) is 3.76. The van der Waals surface area contributed by atoms with Gasteiger partial charge in [0.05, 0.1) is 11.3 Å². The maximum absolute atomic E-state index is 12.5. The number of hydrogen-bond acceptors (Lipinski definition) is 6. The molecular weight excluding hydrogens is 414 g/mol. The van der Waals surface area contributed by atoms with E-state index in [4.69, 9.17) is 0 Å². The van der Waals surface area contributed by atoms with Crippen molar-refractivity contribution in [1.82, 2.24) is 14.8 Å². The van der Waals surface area contributed by atoms with E-state index in [1.54, 1.807) is 17.7 Å². The number of aryl methyl sites for hydroxylation is 3. The molecule has 0 bridgehead atoms. The Kier molecular flexibility index (Phi) is 6.21. The maximum atomic E-state index is 12.5. The van der Waals surface area contributed by atoms with Gasteiger partial charge in [-0.1, -0.05) is 29.5 Å². The topological polar surface area (TPSA) is 83.6 Å². The predicted molar refractivity (Wildman–Crippen MR) is 120 cm³/mol. The number of anilines is 1. The summed E-state index contributed by atoms with van der Waals surface area (Å²) < 4.78 is 1.96. The third-order valence-electron chi connectivity index (χ3n) is 5.22. The van der Waals surface area contributed by atoms with E-state index in [9.17, 15) is 10.1 Å². The zero-order valence-corrected chi connectivity index (χ0v) is 18.7. The van der Waals surface area contributed by atoms with Crippen LogP contribution in [0.15, 0.2) is 29.7 Å². The highest BCUT2D eigenvalue weighted by atomic mass is 32.2. The lowest BCUT2D eigenvalue weighted by Crippen LogP contribution is -2.12. The molecule has 0 atom stereocenters. The van der Waals surface area contributed by atoms with E-state index in [1.807, 2.05) is 4.57 Å². The summed E-state index contributed by atoms with van der Waals surface area (Å²) in [7, 11) is 0. The quantitative estimate of drug-likeness (QED) is 0.559. The predicted octanol–water partition coefficient (Wildman–Crippen LogP) is 4.82. The van der Waals surface area contributed by atoms with Crippen molar-refractivity contribution in [2.24, 2.45) is 0 Å². The van der Waals surface area contributed by atoms with Crippen molar-refractivity contribution in [2.45, 2.75) is 51.1 Å². The van der Waals surface area contributed by atoms with E-state index in [1.165, 1.54) is 22.2 Å². The summed E-state index contributed by atoms with van der Waals surface area (Å²) in [5.74, 6) is 0.512. The van der Waals surface area contributed by atoms with Crippen LogP contribution in [-0.4, -0.2) is 26.4 Å². The first kappa shape index (κ1) is 20.6. The zero-order valence-electron chi connectivity index (χ0n) is 17.1. The van der Waals surface area contributed by atoms with Gasteiger partial charge in [0.1, 0.15) is 17.4 Å². The van der Waals surface area contributed by atoms with E-state index < -0.39 is 0 Å². The van der Waals surface area contributed by atoms with Gasteiger partial charge in [0.2, 0.25) is 5.91 Å². The third kappa shape index (κ3) is 4.27. The van der Waals surface area contributed by atoms with Crippen LogP contribution in [0.1, 0.15) is 46.4 Å². The SMILES string of the molecule is Cc1ccc(-n2cnnc2SCCC(=O)Nc2sc3c(c2C#N)CCCC3)c(C)c1. The molecule has 2 heterocycles. The smallest absolute Gasteiger partial charge is 0.225 e. The Hall–Kier alpha value is -2.63. The van der Waals surface area contributed by atoms with Crippen LogP contribution in [0.3, 0.4) is 0 Å². The van der Waals surface area contributed by atoms with Crippen molar-refractivity contribution in [3.63, 3.8) is 0 Å². The van der Waals surface area contributed by atoms with Crippen LogP contribution in [0.25, 0.3) is 5.69 Å². The highest BCUT2D eigenvalue weighted by Crippen LogP contribution is 2.37. The number of carbonyl (C=O) groups is 1. The van der Waals surface area contributed by atoms with Gasteiger partial charge in [0, 0.05) is 17.1 Å². The Morgan fingerprint density at radius 1 is 1.33 bits per heavy atom. The maximum Gasteiger partial charge on any atom is 0.225 e. The molecule has 1 amide bonds. The van der Waals surface area contributed by atoms with Crippen LogP contribution in [-0.2, 0) is 17.6 Å². The van der Waals surface area contributed by atoms with Gasteiger partial charge in [0.15, 0.2) is 5.16 Å². The molecule has 6 nitrogen and oxygen atoms in total. The molecule has 1 aromatic carbocycles. The monoisotopic (exact) mass is 437 g/mol. The lowest BCUT2D eigenvalue weighted by atomic mass is 9.96. The molecule has 0 fully saturated rings. The Balaban J connectivity index is 1.38. The lowest BCUT2D eigenvalue weighted by molar-refractivity contribution is -0.115. The third-order valence-corrected chi connectivity index (χ3v) is 7.38. The molecule has 8 heteroatoms. The number of thioether (sulfide) groups is 1. The first-order chi connectivity index (χ1) is 14.6. The Labute approximate surface area is 184 Å². The Morgan fingerprint density at radius 3 is 2.97 bits per heavy atom. The summed E-state index contributed by atoms with van der Waals surface area (Å²) in [6.07, 6.45) is 6.27. The van der Waals surface area contributed by atoms with E-state index in [0.717, 1.165) is 47.7 Å². The van der Waals surface area contributed by atoms with Crippen molar-refractivity contribution in [1.29, 1.82) is 5.26 Å². The molecule has 1 N–H and O–H groups in total. The average molecular weight is 438 g/mol. The molecule has 30 heavy (non-hydrogen) atoms. The van der Waals surface area contributed by atoms with Gasteiger partial charge in [-0.05, 0) is 56.7 Å². The number of amides is 1. The molecule has 0 saturated carbocycles. The number of nitrogens with one attached hydrogen (secondary N) is 1. The minimum absolute atomic E-state index is 0.0739. The van der Waals surface area contributed by atoms with E-state index >= 15 is 0 Å². The molecule has 1 aliphatic carbocycles. The number of benzene rings is 1. The molecular formula is C22H23N5OS2. The zero-order chi connectivity index (χ0) is 21.1. The number of carbonyl (C=O) groups excluding carboxylic acids is 1. The fraction of sp³-hybridized carbons (Fsp3) is 0.364. The average Bonchev–Trinajstić information content (AvgIpc) is 3.31. The summed E-state index contributed by atoms with van der Waals surface area (Å²) in [5.41, 5.74) is 5.20. The molecule has 0 saturated heterocycles. The van der Waals surface area contributed by atoms with Crippen molar-refractivity contribution in [3.05, 3.63) is 51.7 Å². The Morgan fingerprint density at radius 2 is 2.17 bits per heavy atom. The van der Waals surface area contributed by atoms with Crippen LogP contribution in [0, 0.1) is 25.2 Å². The second-order valence-electron chi connectivity index (χ2n) is 7.45. The minimum atomic E-state index is -0.0739. The Bertz CT molecular complexity index is 1130. The molecule has 0 spiro atoms. The number of nitrogens with zero attached hydrogens (tertiary/aromatic N) is 4. The molecule has 0 radical (unpaired) electrons. The fourth-order valence-corrected chi connectivity index (χ4v) is 5.88. The van der Waals surface area contributed by atoms with Crippen LogP contribution >= 0.6 is 23.1 Å². The van der Waals surface area contributed by atoms with E-state index in [-0.39, 0.29) is 5.91 Å². The van der Waals surface area contributed by atoms with Gasteiger partial charge in [-0.2, -0.15) is 5.26 Å². The van der Waals surface area contributed by atoms with E-state index in [2.05, 4.69) is 53.6 Å². The molecule has 154 valence electrons. The number of hydrogen-bond donors (Lipinski definition) is 1. The van der Waals surface area contributed by atoms with E-state index in [0.29, 0.717) is 22.7 Å². The van der Waals surface area contributed by atoms with Gasteiger partial charge in [-0.15, -0.1) is 21.5 Å². The van der Waals surface area contributed by atoms with Gasteiger partial charge in [0.25, 0.3) is 0 Å². The van der Waals surface area contributed by atoms with Crippen molar-refractivity contribution in [2.75, 3.05) is 11.1 Å². The van der Waals surface area contributed by atoms with Gasteiger partial charge >= 0.3 is 0 Å². The van der Waals surface area contributed by atoms with Crippen molar-refractivity contribution in [3.8, 4) is 11.8 Å². The minimum Gasteiger partial charge on any atom is -0.317 e. The molecule has 4 rings (SSSR count). The lowest BCUT2D eigenvalue weighted by Gasteiger charge is -2.10.